The molecule has 2 aliphatic rings. The highest BCUT2D eigenvalue weighted by molar-refractivity contribution is 14.1. The van der Waals surface area contributed by atoms with Crippen LogP contribution in [0.3, 0.4) is 0 Å². The zero-order chi connectivity index (χ0) is 10.5. The molecule has 1 nitrogen and oxygen atoms in total. The molecule has 78 valence electrons. The molecule has 0 bridgehead atoms. The second-order valence-electron chi connectivity index (χ2n) is 4.49. The van der Waals surface area contributed by atoms with Crippen LogP contribution in [-0.4, -0.2) is 3.42 Å². The van der Waals surface area contributed by atoms with E-state index in [2.05, 4.69) is 53.8 Å². The number of furan rings is 1. The molecule has 15 heavy (non-hydrogen) atoms. The predicted octanol–water partition coefficient (Wildman–Crippen LogP) is 2.40. The van der Waals surface area contributed by atoms with Crippen LogP contribution in [0, 0.1) is 0 Å². The Bertz CT molecular complexity index is 546. The van der Waals surface area contributed by atoms with Crippen LogP contribution in [0.4, 0.5) is 0 Å². The van der Waals surface area contributed by atoms with Gasteiger partial charge in [-0.25, -0.2) is 0 Å². The molecule has 0 fully saturated rings. The fourth-order valence-electron chi connectivity index (χ4n) is 2.26. The summed E-state index contributed by atoms with van der Waals surface area (Å²) in [6, 6.07) is 0. The first kappa shape index (κ1) is 9.70. The molecule has 0 amide bonds. The maximum absolute atomic E-state index is 5.88. The molecule has 0 radical (unpaired) electrons. The fourth-order valence-corrected chi connectivity index (χ4v) is 2.79. The summed E-state index contributed by atoms with van der Waals surface area (Å²) in [4.78, 5) is 0. The molecular formula is C13H13IO. The van der Waals surface area contributed by atoms with Gasteiger partial charge in [0.05, 0.1) is 0 Å². The highest BCUT2D eigenvalue weighted by Gasteiger charge is 2.22. The SMILES string of the molecule is C[C@@]1(I)C=c2c3c(oc2=CC1)CCC=C3. The van der Waals surface area contributed by atoms with E-state index in [1.165, 1.54) is 16.5 Å². The Morgan fingerprint density at radius 2 is 2.33 bits per heavy atom. The van der Waals surface area contributed by atoms with Crippen LogP contribution in [0.25, 0.3) is 18.2 Å². The van der Waals surface area contributed by atoms with Crippen molar-refractivity contribution >= 4 is 40.8 Å². The zero-order valence-corrected chi connectivity index (χ0v) is 10.9. The van der Waals surface area contributed by atoms with E-state index >= 15 is 0 Å². The van der Waals surface area contributed by atoms with Crippen LogP contribution in [-0.2, 0) is 6.42 Å². The number of alkyl halides is 1. The standard InChI is InChI=1S/C13H13IO/c1-13(14)7-6-12-10(8-13)9-4-2-3-5-11(9)15-12/h2,4,6,8H,3,5,7H2,1H3/t13-/m0/s1. The Morgan fingerprint density at radius 3 is 3.20 bits per heavy atom. The Kier molecular flexibility index (Phi) is 2.09. The van der Waals surface area contributed by atoms with E-state index in [0.29, 0.717) is 0 Å². The number of hydrogen-bond donors (Lipinski definition) is 0. The summed E-state index contributed by atoms with van der Waals surface area (Å²) < 4.78 is 6.12. The lowest BCUT2D eigenvalue weighted by Crippen LogP contribution is -2.31. The molecular weight excluding hydrogens is 299 g/mol. The minimum Gasteiger partial charge on any atom is -0.461 e. The summed E-state index contributed by atoms with van der Waals surface area (Å²) in [5, 5.41) is 1.31. The molecule has 0 saturated heterocycles. The molecule has 1 heterocycles. The van der Waals surface area contributed by atoms with Crippen molar-refractivity contribution in [2.24, 2.45) is 0 Å². The molecule has 0 spiro atoms. The second kappa shape index (κ2) is 3.24. The summed E-state index contributed by atoms with van der Waals surface area (Å²) in [7, 11) is 0. The van der Waals surface area contributed by atoms with E-state index in [1.54, 1.807) is 0 Å². The van der Waals surface area contributed by atoms with Crippen molar-refractivity contribution < 1.29 is 4.42 Å². The van der Waals surface area contributed by atoms with Gasteiger partial charge in [0.25, 0.3) is 0 Å². The third kappa shape index (κ3) is 1.59. The van der Waals surface area contributed by atoms with E-state index in [0.717, 1.165) is 24.7 Å². The van der Waals surface area contributed by atoms with Gasteiger partial charge in [-0.3, -0.25) is 0 Å². The number of aryl methyl sites for hydroxylation is 1. The number of hydrogen-bond acceptors (Lipinski definition) is 1. The Hall–Kier alpha value is -0.510. The Morgan fingerprint density at radius 1 is 1.47 bits per heavy atom. The summed E-state index contributed by atoms with van der Waals surface area (Å²) in [6.07, 6.45) is 12.3. The van der Waals surface area contributed by atoms with E-state index in [1.807, 2.05) is 0 Å². The molecule has 1 aromatic rings. The van der Waals surface area contributed by atoms with Gasteiger partial charge in [0, 0.05) is 20.6 Å². The van der Waals surface area contributed by atoms with Crippen molar-refractivity contribution in [1.29, 1.82) is 0 Å². The lowest BCUT2D eigenvalue weighted by molar-refractivity contribution is 0.476. The lowest BCUT2D eigenvalue weighted by Gasteiger charge is -2.17. The summed E-state index contributed by atoms with van der Waals surface area (Å²) in [5.74, 6) is 1.17. The molecule has 2 heteroatoms. The van der Waals surface area contributed by atoms with E-state index in [4.69, 9.17) is 4.42 Å². The van der Waals surface area contributed by atoms with Crippen LogP contribution in [0.1, 0.15) is 31.1 Å². The van der Waals surface area contributed by atoms with Gasteiger partial charge in [0.15, 0.2) is 0 Å². The van der Waals surface area contributed by atoms with Crippen molar-refractivity contribution in [3.8, 4) is 0 Å². The highest BCUT2D eigenvalue weighted by Crippen LogP contribution is 2.27. The van der Waals surface area contributed by atoms with Gasteiger partial charge in [-0.1, -0.05) is 40.8 Å². The van der Waals surface area contributed by atoms with Crippen LogP contribution < -0.4 is 10.6 Å². The van der Waals surface area contributed by atoms with Crippen molar-refractivity contribution in [2.45, 2.75) is 29.6 Å². The first-order chi connectivity index (χ1) is 7.16. The lowest BCUT2D eigenvalue weighted by atomic mass is 9.98. The van der Waals surface area contributed by atoms with Gasteiger partial charge in [-0.2, -0.15) is 0 Å². The monoisotopic (exact) mass is 312 g/mol. The summed E-state index contributed by atoms with van der Waals surface area (Å²) in [5.41, 5.74) is 2.40. The normalized spacial score (nSPS) is 27.6. The third-order valence-electron chi connectivity index (χ3n) is 3.04. The Balaban J connectivity index is 2.34. The molecule has 1 aromatic heterocycles. The first-order valence-corrected chi connectivity index (χ1v) is 6.44. The van der Waals surface area contributed by atoms with Gasteiger partial charge >= 0.3 is 0 Å². The maximum Gasteiger partial charge on any atom is 0.130 e. The zero-order valence-electron chi connectivity index (χ0n) is 8.72. The molecule has 2 aliphatic carbocycles. The Labute approximate surface area is 103 Å². The largest absolute Gasteiger partial charge is 0.461 e. The van der Waals surface area contributed by atoms with Crippen molar-refractivity contribution in [2.75, 3.05) is 0 Å². The van der Waals surface area contributed by atoms with Crippen LogP contribution in [0.5, 0.6) is 0 Å². The minimum absolute atomic E-state index is 0.244. The van der Waals surface area contributed by atoms with Crippen LogP contribution in [0.2, 0.25) is 0 Å². The van der Waals surface area contributed by atoms with Gasteiger partial charge in [0.1, 0.15) is 11.2 Å². The van der Waals surface area contributed by atoms with Crippen LogP contribution >= 0.6 is 22.6 Å². The summed E-state index contributed by atoms with van der Waals surface area (Å²) in [6.45, 7) is 2.26. The molecule has 0 unspecified atom stereocenters. The van der Waals surface area contributed by atoms with Crippen LogP contribution in [0.15, 0.2) is 10.5 Å². The van der Waals surface area contributed by atoms with Crippen molar-refractivity contribution in [3.63, 3.8) is 0 Å². The van der Waals surface area contributed by atoms with Crippen molar-refractivity contribution in [1.82, 2.24) is 0 Å². The minimum atomic E-state index is 0.244. The van der Waals surface area contributed by atoms with Gasteiger partial charge in [-0.05, 0) is 25.8 Å². The first-order valence-electron chi connectivity index (χ1n) is 5.36. The topological polar surface area (TPSA) is 13.1 Å². The smallest absolute Gasteiger partial charge is 0.130 e. The number of fused-ring (bicyclic) bond motifs is 3. The molecule has 0 aliphatic heterocycles. The third-order valence-corrected chi connectivity index (χ3v) is 3.80. The number of rotatable bonds is 0. The number of halogens is 1. The van der Waals surface area contributed by atoms with Crippen molar-refractivity contribution in [3.05, 3.63) is 28.0 Å². The molecule has 1 atom stereocenters. The van der Waals surface area contributed by atoms with Gasteiger partial charge in [0.2, 0.25) is 0 Å². The highest BCUT2D eigenvalue weighted by atomic mass is 127. The number of allylic oxidation sites excluding steroid dienone is 1. The predicted molar refractivity (Wildman–Crippen MR) is 71.3 cm³/mol. The summed E-state index contributed by atoms with van der Waals surface area (Å²) >= 11 is 2.51. The molecule has 0 aromatic carbocycles. The molecule has 0 N–H and O–H groups in total. The molecule has 3 rings (SSSR count). The van der Waals surface area contributed by atoms with E-state index < -0.39 is 0 Å². The average molecular weight is 312 g/mol. The van der Waals surface area contributed by atoms with E-state index in [-0.39, 0.29) is 3.42 Å². The van der Waals surface area contributed by atoms with Gasteiger partial charge in [-0.15, -0.1) is 0 Å². The maximum atomic E-state index is 5.88. The average Bonchev–Trinajstić information content (AvgIpc) is 2.55. The second-order valence-corrected chi connectivity index (χ2v) is 6.95. The van der Waals surface area contributed by atoms with Gasteiger partial charge < -0.3 is 4.42 Å². The quantitative estimate of drug-likeness (QED) is 0.530. The molecule has 0 saturated carbocycles. The fraction of sp³-hybridized carbons (Fsp3) is 0.385. The van der Waals surface area contributed by atoms with E-state index in [9.17, 15) is 0 Å².